The number of hydrogen-bond donors (Lipinski definition) is 2. The summed E-state index contributed by atoms with van der Waals surface area (Å²) in [5.74, 6) is -1.36. The third-order valence-electron chi connectivity index (χ3n) is 4.98. The van der Waals surface area contributed by atoms with Gasteiger partial charge < -0.3 is 10.2 Å². The number of rotatable bonds is 5. The molecule has 0 amide bonds. The summed E-state index contributed by atoms with van der Waals surface area (Å²) in [6.45, 7) is 4.07. The Morgan fingerprint density at radius 3 is 1.77 bits per heavy atom. The molecule has 3 aromatic rings. The van der Waals surface area contributed by atoms with Crippen LogP contribution in [-0.2, 0) is 0 Å². The molecule has 2 N–H and O–H groups in total. The fraction of sp³-hybridized carbons (Fsp3) is 0.174. The van der Waals surface area contributed by atoms with E-state index in [9.17, 15) is 15.0 Å². The van der Waals surface area contributed by atoms with Crippen LogP contribution in [0.2, 0.25) is 0 Å². The van der Waals surface area contributed by atoms with E-state index in [2.05, 4.69) is 6.92 Å². The molecule has 3 nitrogen and oxygen atoms in total. The first-order valence-electron chi connectivity index (χ1n) is 8.69. The van der Waals surface area contributed by atoms with Crippen LogP contribution in [0.25, 0.3) is 0 Å². The smallest absolute Gasteiger partial charge is 0.339 e. The zero-order valence-corrected chi connectivity index (χ0v) is 14.9. The van der Waals surface area contributed by atoms with E-state index < -0.39 is 5.97 Å². The van der Waals surface area contributed by atoms with Crippen LogP contribution >= 0.6 is 0 Å². The Bertz CT molecular complexity index is 901. The highest BCUT2D eigenvalue weighted by Gasteiger charge is 2.25. The maximum atomic E-state index is 11.5. The summed E-state index contributed by atoms with van der Waals surface area (Å²) in [6.07, 6.45) is 0. The van der Waals surface area contributed by atoms with Gasteiger partial charge in [-0.1, -0.05) is 80.6 Å². The second-order valence-electron chi connectivity index (χ2n) is 6.53. The lowest BCUT2D eigenvalue weighted by Gasteiger charge is -2.23. The molecule has 0 aliphatic heterocycles. The first-order valence-corrected chi connectivity index (χ1v) is 8.69. The van der Waals surface area contributed by atoms with Gasteiger partial charge in [-0.05, 0) is 22.8 Å². The van der Waals surface area contributed by atoms with Crippen LogP contribution in [0.5, 0.6) is 5.75 Å². The SMILES string of the molecule is CC(c1ccccc1)c1ccc(C(=O)O)c(O)c1C(C)c1ccccc1. The van der Waals surface area contributed by atoms with Gasteiger partial charge in [0.05, 0.1) is 0 Å². The topological polar surface area (TPSA) is 57.5 Å². The van der Waals surface area contributed by atoms with E-state index in [1.165, 1.54) is 6.07 Å². The van der Waals surface area contributed by atoms with E-state index in [0.717, 1.165) is 16.7 Å². The van der Waals surface area contributed by atoms with Gasteiger partial charge in [-0.25, -0.2) is 4.79 Å². The predicted octanol–water partition coefficient (Wildman–Crippen LogP) is 5.39. The minimum Gasteiger partial charge on any atom is -0.507 e. The molecule has 3 rings (SSSR count). The molecule has 2 atom stereocenters. The van der Waals surface area contributed by atoms with Crippen LogP contribution in [-0.4, -0.2) is 16.2 Å². The van der Waals surface area contributed by atoms with Crippen LogP contribution in [0.4, 0.5) is 0 Å². The summed E-state index contributed by atoms with van der Waals surface area (Å²) < 4.78 is 0. The van der Waals surface area contributed by atoms with E-state index in [4.69, 9.17) is 0 Å². The summed E-state index contributed by atoms with van der Waals surface area (Å²) in [7, 11) is 0. The summed E-state index contributed by atoms with van der Waals surface area (Å²) in [4.78, 5) is 11.5. The van der Waals surface area contributed by atoms with Crippen molar-refractivity contribution in [3.8, 4) is 5.75 Å². The van der Waals surface area contributed by atoms with Gasteiger partial charge in [0, 0.05) is 17.4 Å². The lowest BCUT2D eigenvalue weighted by molar-refractivity contribution is 0.0693. The first-order chi connectivity index (χ1) is 12.5. The summed E-state index contributed by atoms with van der Waals surface area (Å²) >= 11 is 0. The number of carboxylic acids is 1. The Morgan fingerprint density at radius 2 is 1.27 bits per heavy atom. The molecule has 0 spiro atoms. The van der Waals surface area contributed by atoms with E-state index in [1.54, 1.807) is 0 Å². The average Bonchev–Trinajstić information content (AvgIpc) is 2.67. The molecule has 0 saturated carbocycles. The molecule has 0 fully saturated rings. The second kappa shape index (κ2) is 7.44. The van der Waals surface area contributed by atoms with Gasteiger partial charge in [0.25, 0.3) is 0 Å². The normalized spacial score (nSPS) is 13.2. The Hall–Kier alpha value is -3.07. The number of carbonyl (C=O) groups is 1. The highest BCUT2D eigenvalue weighted by Crippen LogP contribution is 2.40. The van der Waals surface area contributed by atoms with Gasteiger partial charge in [-0.3, -0.25) is 0 Å². The molecule has 0 aromatic heterocycles. The monoisotopic (exact) mass is 346 g/mol. The quantitative estimate of drug-likeness (QED) is 0.651. The minimum absolute atomic E-state index is 0.0334. The largest absolute Gasteiger partial charge is 0.507 e. The van der Waals surface area contributed by atoms with E-state index >= 15 is 0 Å². The number of benzene rings is 3. The van der Waals surface area contributed by atoms with Gasteiger partial charge in [0.1, 0.15) is 11.3 Å². The van der Waals surface area contributed by atoms with Gasteiger partial charge in [0.15, 0.2) is 0 Å². The molecule has 2 unspecified atom stereocenters. The molecule has 26 heavy (non-hydrogen) atoms. The minimum atomic E-state index is -1.12. The molecule has 132 valence electrons. The van der Waals surface area contributed by atoms with Gasteiger partial charge in [0.2, 0.25) is 0 Å². The van der Waals surface area contributed by atoms with E-state index in [0.29, 0.717) is 5.56 Å². The van der Waals surface area contributed by atoms with Crippen molar-refractivity contribution in [2.45, 2.75) is 25.7 Å². The Kier molecular flexibility index (Phi) is 5.08. The fourth-order valence-corrected chi connectivity index (χ4v) is 3.46. The molecule has 0 heterocycles. The number of phenols is 1. The van der Waals surface area contributed by atoms with Crippen molar-refractivity contribution in [1.29, 1.82) is 0 Å². The second-order valence-corrected chi connectivity index (χ2v) is 6.53. The summed E-state index contributed by atoms with van der Waals surface area (Å²) in [5.41, 5.74) is 3.71. The van der Waals surface area contributed by atoms with Gasteiger partial charge in [-0.15, -0.1) is 0 Å². The number of aromatic hydroxyl groups is 1. The van der Waals surface area contributed by atoms with Crippen molar-refractivity contribution in [2.75, 3.05) is 0 Å². The first kappa shape index (κ1) is 17.7. The molecule has 0 radical (unpaired) electrons. The Morgan fingerprint density at radius 1 is 0.769 bits per heavy atom. The molecular weight excluding hydrogens is 324 g/mol. The van der Waals surface area contributed by atoms with Crippen molar-refractivity contribution in [2.24, 2.45) is 0 Å². The van der Waals surface area contributed by atoms with Crippen molar-refractivity contribution < 1.29 is 15.0 Å². The Balaban J connectivity index is 2.18. The number of aromatic carboxylic acids is 1. The third kappa shape index (κ3) is 3.33. The molecule has 0 aliphatic rings. The summed E-state index contributed by atoms with van der Waals surface area (Å²) in [6, 6.07) is 23.2. The van der Waals surface area contributed by atoms with Crippen LogP contribution in [0.15, 0.2) is 72.8 Å². The van der Waals surface area contributed by atoms with Crippen molar-refractivity contribution >= 4 is 5.97 Å². The average molecular weight is 346 g/mol. The molecule has 0 bridgehead atoms. The van der Waals surface area contributed by atoms with E-state index in [-0.39, 0.29) is 23.1 Å². The lowest BCUT2D eigenvalue weighted by Crippen LogP contribution is -2.09. The Labute approximate surface area is 153 Å². The third-order valence-corrected chi connectivity index (χ3v) is 4.98. The van der Waals surface area contributed by atoms with Crippen LogP contribution in [0, 0.1) is 0 Å². The predicted molar refractivity (Wildman–Crippen MR) is 103 cm³/mol. The zero-order chi connectivity index (χ0) is 18.7. The maximum Gasteiger partial charge on any atom is 0.339 e. The van der Waals surface area contributed by atoms with Crippen LogP contribution < -0.4 is 0 Å². The zero-order valence-electron chi connectivity index (χ0n) is 14.9. The highest BCUT2D eigenvalue weighted by molar-refractivity contribution is 5.91. The highest BCUT2D eigenvalue weighted by atomic mass is 16.4. The molecule has 3 heteroatoms. The van der Waals surface area contributed by atoms with E-state index in [1.807, 2.05) is 73.7 Å². The molecular formula is C23H22O3. The summed E-state index contributed by atoms with van der Waals surface area (Å²) in [5, 5.41) is 20.2. The van der Waals surface area contributed by atoms with Crippen molar-refractivity contribution in [3.63, 3.8) is 0 Å². The van der Waals surface area contributed by atoms with Crippen LogP contribution in [0.1, 0.15) is 58.3 Å². The van der Waals surface area contributed by atoms with Crippen molar-refractivity contribution in [1.82, 2.24) is 0 Å². The van der Waals surface area contributed by atoms with Crippen molar-refractivity contribution in [3.05, 3.63) is 101 Å². The van der Waals surface area contributed by atoms with Crippen LogP contribution in [0.3, 0.4) is 0 Å². The molecule has 0 saturated heterocycles. The van der Waals surface area contributed by atoms with Gasteiger partial charge in [-0.2, -0.15) is 0 Å². The molecule has 3 aromatic carbocycles. The lowest BCUT2D eigenvalue weighted by atomic mass is 9.81. The number of hydrogen-bond acceptors (Lipinski definition) is 2. The molecule has 0 aliphatic carbocycles. The standard InChI is InChI=1S/C23H22O3/c1-15(17-9-5-3-6-10-17)19-13-14-20(23(25)26)22(24)21(19)16(2)18-11-7-4-8-12-18/h3-16,24H,1-2H3,(H,25,26). The maximum absolute atomic E-state index is 11.5. The number of carboxylic acid groups (broad SMARTS) is 1. The fourth-order valence-electron chi connectivity index (χ4n) is 3.46. The van der Waals surface area contributed by atoms with Gasteiger partial charge >= 0.3 is 5.97 Å².